The molecule has 0 heterocycles. The summed E-state index contributed by atoms with van der Waals surface area (Å²) in [6, 6.07) is -0.591. The fourth-order valence-electron chi connectivity index (χ4n) is 2.27. The summed E-state index contributed by atoms with van der Waals surface area (Å²) in [6.07, 6.45) is 8.67. The van der Waals surface area contributed by atoms with Crippen LogP contribution in [0.5, 0.6) is 0 Å². The van der Waals surface area contributed by atoms with Crippen molar-refractivity contribution >= 4 is 18.3 Å². The van der Waals surface area contributed by atoms with Gasteiger partial charge in [-0.3, -0.25) is 10.1 Å². The number of rotatable bonds is 2. The van der Waals surface area contributed by atoms with E-state index in [0.29, 0.717) is 18.2 Å². The van der Waals surface area contributed by atoms with Crippen LogP contribution in [0.3, 0.4) is 0 Å². The van der Waals surface area contributed by atoms with E-state index in [0.717, 1.165) is 12.8 Å². The smallest absolute Gasteiger partial charge is 0.349 e. The van der Waals surface area contributed by atoms with Crippen LogP contribution in [0.4, 0.5) is 4.79 Å². The molecule has 0 aromatic heterocycles. The van der Waals surface area contributed by atoms with Crippen LogP contribution in [0.15, 0.2) is 4.99 Å². The van der Waals surface area contributed by atoms with Gasteiger partial charge in [0.25, 0.3) is 0 Å². The molecule has 5 nitrogen and oxygen atoms in total. The van der Waals surface area contributed by atoms with Crippen molar-refractivity contribution in [3.63, 3.8) is 0 Å². The van der Waals surface area contributed by atoms with Crippen LogP contribution >= 0.6 is 0 Å². The van der Waals surface area contributed by atoms with Gasteiger partial charge in [-0.1, -0.05) is 32.1 Å². The SMILES string of the molecule is CN/C(=N\C(=O)NC=O)C1CCCCCCC1. The van der Waals surface area contributed by atoms with Crippen LogP contribution in [0.1, 0.15) is 44.9 Å². The first-order valence-electron chi connectivity index (χ1n) is 6.28. The molecule has 0 aromatic carbocycles. The monoisotopic (exact) mass is 239 g/mol. The van der Waals surface area contributed by atoms with Crippen molar-refractivity contribution < 1.29 is 9.59 Å². The third kappa shape index (κ3) is 4.97. The summed E-state index contributed by atoms with van der Waals surface area (Å²) in [5.74, 6) is 1.02. The lowest BCUT2D eigenvalue weighted by Crippen LogP contribution is -2.31. The number of aliphatic imine (C=N–C) groups is 1. The minimum absolute atomic E-state index is 0.317. The highest BCUT2D eigenvalue weighted by Gasteiger charge is 2.17. The minimum atomic E-state index is -0.591. The van der Waals surface area contributed by atoms with E-state index in [1.807, 2.05) is 5.32 Å². The fraction of sp³-hybridized carbons (Fsp3) is 0.750. The van der Waals surface area contributed by atoms with Gasteiger partial charge in [-0.05, 0) is 12.8 Å². The van der Waals surface area contributed by atoms with Crippen molar-refractivity contribution in [2.75, 3.05) is 7.05 Å². The highest BCUT2D eigenvalue weighted by Crippen LogP contribution is 2.22. The van der Waals surface area contributed by atoms with E-state index < -0.39 is 6.03 Å². The molecule has 1 saturated carbocycles. The first-order chi connectivity index (χ1) is 8.27. The summed E-state index contributed by atoms with van der Waals surface area (Å²) in [5, 5.41) is 5.01. The van der Waals surface area contributed by atoms with Crippen molar-refractivity contribution in [2.45, 2.75) is 44.9 Å². The Kier molecular flexibility index (Phi) is 6.29. The summed E-state index contributed by atoms with van der Waals surface area (Å²) >= 11 is 0. The van der Waals surface area contributed by atoms with E-state index in [-0.39, 0.29) is 0 Å². The van der Waals surface area contributed by atoms with Crippen molar-refractivity contribution in [1.82, 2.24) is 10.6 Å². The van der Waals surface area contributed by atoms with Crippen molar-refractivity contribution in [1.29, 1.82) is 0 Å². The Bertz CT molecular complexity index is 281. The Morgan fingerprint density at radius 2 is 1.76 bits per heavy atom. The van der Waals surface area contributed by atoms with E-state index in [1.54, 1.807) is 7.05 Å². The molecule has 0 radical (unpaired) electrons. The van der Waals surface area contributed by atoms with Gasteiger partial charge in [-0.15, -0.1) is 0 Å². The molecule has 0 unspecified atom stereocenters. The van der Waals surface area contributed by atoms with Gasteiger partial charge < -0.3 is 5.32 Å². The number of carbonyl (C=O) groups excluding carboxylic acids is 2. The molecule has 1 rings (SSSR count). The molecule has 0 aliphatic heterocycles. The van der Waals surface area contributed by atoms with Gasteiger partial charge >= 0.3 is 6.03 Å². The summed E-state index contributed by atoms with van der Waals surface area (Å²) in [7, 11) is 1.77. The first-order valence-corrected chi connectivity index (χ1v) is 6.28. The molecule has 0 bridgehead atoms. The van der Waals surface area contributed by atoms with Crippen LogP contribution in [-0.4, -0.2) is 25.3 Å². The Morgan fingerprint density at radius 3 is 2.29 bits per heavy atom. The molecule has 5 heteroatoms. The first kappa shape index (κ1) is 13.7. The van der Waals surface area contributed by atoms with Gasteiger partial charge in [0.15, 0.2) is 0 Å². The molecule has 17 heavy (non-hydrogen) atoms. The number of carbonyl (C=O) groups is 2. The molecule has 96 valence electrons. The second-order valence-electron chi connectivity index (χ2n) is 4.36. The number of nitrogens with one attached hydrogen (secondary N) is 2. The van der Waals surface area contributed by atoms with Crippen molar-refractivity contribution in [3.05, 3.63) is 0 Å². The van der Waals surface area contributed by atoms with Gasteiger partial charge in [0.1, 0.15) is 5.84 Å². The summed E-state index contributed by atoms with van der Waals surface area (Å²) < 4.78 is 0. The van der Waals surface area contributed by atoms with Crippen LogP contribution in [0, 0.1) is 5.92 Å². The molecule has 1 fully saturated rings. The minimum Gasteiger partial charge on any atom is -0.376 e. The lowest BCUT2D eigenvalue weighted by molar-refractivity contribution is -0.108. The predicted octanol–water partition coefficient (Wildman–Crippen LogP) is 1.83. The number of urea groups is 1. The lowest BCUT2D eigenvalue weighted by atomic mass is 9.90. The Balaban J connectivity index is 2.62. The third-order valence-electron chi connectivity index (χ3n) is 3.15. The molecular formula is C12H21N3O2. The second kappa shape index (κ2) is 7.81. The average Bonchev–Trinajstić information content (AvgIpc) is 2.26. The topological polar surface area (TPSA) is 70.6 Å². The van der Waals surface area contributed by atoms with Gasteiger partial charge in [0, 0.05) is 13.0 Å². The maximum atomic E-state index is 11.2. The predicted molar refractivity (Wildman–Crippen MR) is 66.9 cm³/mol. The zero-order valence-electron chi connectivity index (χ0n) is 10.4. The largest absolute Gasteiger partial charge is 0.376 e. The molecular weight excluding hydrogens is 218 g/mol. The number of nitrogens with zero attached hydrogens (tertiary/aromatic N) is 1. The number of hydrogen-bond donors (Lipinski definition) is 2. The van der Waals surface area contributed by atoms with E-state index in [2.05, 4.69) is 10.3 Å². The number of hydrogen-bond acceptors (Lipinski definition) is 2. The average molecular weight is 239 g/mol. The van der Waals surface area contributed by atoms with Crippen molar-refractivity contribution in [3.8, 4) is 0 Å². The molecule has 0 aromatic rings. The van der Waals surface area contributed by atoms with Gasteiger partial charge in [0.05, 0.1) is 0 Å². The van der Waals surface area contributed by atoms with Gasteiger partial charge in [-0.2, -0.15) is 4.99 Å². The standard InChI is InChI=1S/C12H21N3O2/c1-13-11(15-12(17)14-9-16)10-7-5-3-2-4-6-8-10/h9-10H,2-8H2,1H3,(H2,13,14,15,16,17). The van der Waals surface area contributed by atoms with Gasteiger partial charge in [-0.25, -0.2) is 4.79 Å². The maximum Gasteiger partial charge on any atom is 0.349 e. The van der Waals surface area contributed by atoms with Crippen LogP contribution in [0.25, 0.3) is 0 Å². The number of amidine groups is 1. The molecule has 0 atom stereocenters. The Morgan fingerprint density at radius 1 is 1.18 bits per heavy atom. The number of imide groups is 1. The molecule has 0 spiro atoms. The fourth-order valence-corrected chi connectivity index (χ4v) is 2.27. The third-order valence-corrected chi connectivity index (χ3v) is 3.15. The van der Waals surface area contributed by atoms with E-state index in [1.165, 1.54) is 32.1 Å². The quantitative estimate of drug-likeness (QED) is 0.439. The zero-order chi connectivity index (χ0) is 12.5. The van der Waals surface area contributed by atoms with E-state index in [9.17, 15) is 9.59 Å². The van der Waals surface area contributed by atoms with Crippen LogP contribution in [-0.2, 0) is 4.79 Å². The second-order valence-corrected chi connectivity index (χ2v) is 4.36. The van der Waals surface area contributed by atoms with Crippen LogP contribution in [0.2, 0.25) is 0 Å². The molecule has 1 aliphatic carbocycles. The lowest BCUT2D eigenvalue weighted by Gasteiger charge is -2.21. The van der Waals surface area contributed by atoms with Crippen LogP contribution < -0.4 is 10.6 Å². The normalized spacial score (nSPS) is 19.0. The highest BCUT2D eigenvalue weighted by atomic mass is 16.2. The van der Waals surface area contributed by atoms with Crippen molar-refractivity contribution in [2.24, 2.45) is 10.9 Å². The van der Waals surface area contributed by atoms with E-state index in [4.69, 9.17) is 0 Å². The summed E-state index contributed by atoms with van der Waals surface area (Å²) in [4.78, 5) is 25.3. The summed E-state index contributed by atoms with van der Waals surface area (Å²) in [5.41, 5.74) is 0. The molecule has 1 aliphatic rings. The van der Waals surface area contributed by atoms with E-state index >= 15 is 0 Å². The summed E-state index contributed by atoms with van der Waals surface area (Å²) in [6.45, 7) is 0. The zero-order valence-corrected chi connectivity index (χ0v) is 10.4. The molecule has 2 N–H and O–H groups in total. The van der Waals surface area contributed by atoms with Gasteiger partial charge in [0.2, 0.25) is 6.41 Å². The molecule has 3 amide bonds. The Hall–Kier alpha value is -1.39. The Labute approximate surface area is 102 Å². The molecule has 0 saturated heterocycles. The highest BCUT2D eigenvalue weighted by molar-refractivity contribution is 5.97. The maximum absolute atomic E-state index is 11.2. The number of amides is 3.